The molecule has 0 bridgehead atoms. The van der Waals surface area contributed by atoms with Crippen molar-refractivity contribution in [1.29, 1.82) is 0 Å². The molecule has 31 heavy (non-hydrogen) atoms. The topological polar surface area (TPSA) is 69.0 Å². The summed E-state index contributed by atoms with van der Waals surface area (Å²) in [5.41, 5.74) is 2.56. The number of halogens is 1. The number of methoxy groups -OCH3 is 1. The second-order valence-electron chi connectivity index (χ2n) is 6.52. The first-order valence-corrected chi connectivity index (χ1v) is 11.3. The van der Waals surface area contributed by atoms with E-state index in [1.54, 1.807) is 7.11 Å². The molecule has 0 spiro atoms. The van der Waals surface area contributed by atoms with Crippen molar-refractivity contribution in [2.24, 2.45) is 0 Å². The molecule has 0 radical (unpaired) electrons. The summed E-state index contributed by atoms with van der Waals surface area (Å²) in [6.07, 6.45) is 0. The average molecular weight is 495 g/mol. The minimum atomic E-state index is -0.120. The van der Waals surface area contributed by atoms with Gasteiger partial charge in [-0.25, -0.2) is 0 Å². The van der Waals surface area contributed by atoms with Gasteiger partial charge in [0.05, 0.1) is 18.6 Å². The molecule has 1 heterocycles. The fraction of sp³-hybridized carbons (Fsp3) is 0.0870. The third kappa shape index (κ3) is 4.98. The normalized spacial score (nSPS) is 10.6. The van der Waals surface area contributed by atoms with Crippen molar-refractivity contribution in [3.05, 3.63) is 83.3 Å². The second kappa shape index (κ2) is 9.80. The number of hydrogen-bond acceptors (Lipinski definition) is 5. The highest BCUT2D eigenvalue weighted by molar-refractivity contribution is 9.10. The fourth-order valence-electron chi connectivity index (χ4n) is 2.98. The zero-order valence-electron chi connectivity index (χ0n) is 16.7. The minimum Gasteiger partial charge on any atom is -0.497 e. The van der Waals surface area contributed by atoms with Gasteiger partial charge in [-0.2, -0.15) is 0 Å². The van der Waals surface area contributed by atoms with Crippen LogP contribution in [0.15, 0.2) is 88.5 Å². The summed E-state index contributed by atoms with van der Waals surface area (Å²) in [6.45, 7) is 0. The van der Waals surface area contributed by atoms with Crippen molar-refractivity contribution in [3.8, 4) is 22.8 Å². The summed E-state index contributed by atoms with van der Waals surface area (Å²) >= 11 is 4.78. The molecular weight excluding hydrogens is 476 g/mol. The van der Waals surface area contributed by atoms with Crippen LogP contribution in [0, 0.1) is 0 Å². The Labute approximate surface area is 192 Å². The summed E-state index contributed by atoms with van der Waals surface area (Å²) < 4.78 is 8.04. The van der Waals surface area contributed by atoms with Gasteiger partial charge < -0.3 is 10.1 Å². The van der Waals surface area contributed by atoms with Crippen LogP contribution in [-0.4, -0.2) is 33.5 Å². The van der Waals surface area contributed by atoms with E-state index in [1.807, 2.05) is 83.4 Å². The Hall–Kier alpha value is -3.10. The van der Waals surface area contributed by atoms with Crippen LogP contribution < -0.4 is 10.1 Å². The number of nitrogens with one attached hydrogen (secondary N) is 1. The molecule has 8 heteroatoms. The lowest BCUT2D eigenvalue weighted by molar-refractivity contribution is -0.113. The summed E-state index contributed by atoms with van der Waals surface area (Å²) in [7, 11) is 1.63. The molecule has 0 saturated carbocycles. The second-order valence-corrected chi connectivity index (χ2v) is 8.32. The maximum atomic E-state index is 12.5. The van der Waals surface area contributed by atoms with Gasteiger partial charge in [0, 0.05) is 15.7 Å². The lowest BCUT2D eigenvalue weighted by Gasteiger charge is -2.11. The molecule has 1 aromatic heterocycles. The Bertz CT molecular complexity index is 1180. The summed E-state index contributed by atoms with van der Waals surface area (Å²) in [5.74, 6) is 1.55. The van der Waals surface area contributed by atoms with Gasteiger partial charge in [-0.05, 0) is 64.5 Å². The molecule has 0 aliphatic rings. The molecule has 1 N–H and O–H groups in total. The summed E-state index contributed by atoms with van der Waals surface area (Å²) in [6, 6.07) is 25.0. The number of hydrogen-bond donors (Lipinski definition) is 1. The molecular formula is C23H19BrN4O2S. The van der Waals surface area contributed by atoms with Crippen LogP contribution in [-0.2, 0) is 4.79 Å². The van der Waals surface area contributed by atoms with Crippen molar-refractivity contribution in [2.75, 3.05) is 18.2 Å². The molecule has 1 amide bonds. The molecule has 0 aliphatic heterocycles. The van der Waals surface area contributed by atoms with Crippen LogP contribution in [0.1, 0.15) is 0 Å². The number of aromatic nitrogens is 3. The van der Waals surface area contributed by atoms with E-state index in [9.17, 15) is 4.79 Å². The minimum absolute atomic E-state index is 0.120. The van der Waals surface area contributed by atoms with Gasteiger partial charge in [-0.1, -0.05) is 42.1 Å². The smallest absolute Gasteiger partial charge is 0.234 e. The number of ether oxygens (including phenoxy) is 1. The Balaban J connectivity index is 1.59. The maximum Gasteiger partial charge on any atom is 0.234 e. The first kappa shape index (κ1) is 21.1. The van der Waals surface area contributed by atoms with Crippen molar-refractivity contribution in [3.63, 3.8) is 0 Å². The van der Waals surface area contributed by atoms with Crippen molar-refractivity contribution in [1.82, 2.24) is 14.8 Å². The fourth-order valence-corrected chi connectivity index (χ4v) is 4.12. The Morgan fingerprint density at radius 3 is 2.42 bits per heavy atom. The number of para-hydroxylation sites is 2. The largest absolute Gasteiger partial charge is 0.497 e. The van der Waals surface area contributed by atoms with Gasteiger partial charge in [0.1, 0.15) is 5.75 Å². The van der Waals surface area contributed by atoms with E-state index in [0.29, 0.717) is 11.0 Å². The van der Waals surface area contributed by atoms with Gasteiger partial charge in [0.15, 0.2) is 11.0 Å². The van der Waals surface area contributed by atoms with Gasteiger partial charge in [-0.3, -0.25) is 9.36 Å². The molecule has 4 aromatic rings. The van der Waals surface area contributed by atoms with Crippen LogP contribution in [0.2, 0.25) is 0 Å². The molecule has 0 unspecified atom stereocenters. The Morgan fingerprint density at radius 1 is 1.00 bits per heavy atom. The van der Waals surface area contributed by atoms with Crippen LogP contribution >= 0.6 is 27.7 Å². The van der Waals surface area contributed by atoms with Crippen molar-refractivity contribution in [2.45, 2.75) is 5.16 Å². The van der Waals surface area contributed by atoms with E-state index in [0.717, 1.165) is 27.2 Å². The molecule has 0 saturated heterocycles. The number of rotatable bonds is 7. The molecule has 0 aliphatic carbocycles. The molecule has 4 rings (SSSR count). The number of nitrogens with zero attached hydrogens (tertiary/aromatic N) is 3. The monoisotopic (exact) mass is 494 g/mol. The van der Waals surface area contributed by atoms with Crippen LogP contribution in [0.3, 0.4) is 0 Å². The van der Waals surface area contributed by atoms with Gasteiger partial charge in [0.2, 0.25) is 5.91 Å². The zero-order chi connectivity index (χ0) is 21.6. The van der Waals surface area contributed by atoms with E-state index < -0.39 is 0 Å². The zero-order valence-corrected chi connectivity index (χ0v) is 19.1. The van der Waals surface area contributed by atoms with E-state index in [1.165, 1.54) is 11.8 Å². The molecule has 0 fully saturated rings. The van der Waals surface area contributed by atoms with Crippen LogP contribution in [0.5, 0.6) is 5.75 Å². The number of thioether (sulfide) groups is 1. The Morgan fingerprint density at radius 2 is 1.71 bits per heavy atom. The number of benzene rings is 3. The Kier molecular flexibility index (Phi) is 6.69. The maximum absolute atomic E-state index is 12.5. The number of carbonyl (C=O) groups is 1. The first-order chi connectivity index (χ1) is 15.2. The summed E-state index contributed by atoms with van der Waals surface area (Å²) in [4.78, 5) is 12.5. The standard InChI is InChI=1S/C23H19BrN4O2S/c1-30-18-13-11-16(12-14-18)22-26-27-23(28(22)17-7-3-2-4-8-17)31-15-21(29)25-20-10-6-5-9-19(20)24/h2-14H,15H2,1H3,(H,25,29). The highest BCUT2D eigenvalue weighted by Gasteiger charge is 2.17. The lowest BCUT2D eigenvalue weighted by Crippen LogP contribution is -2.15. The van der Waals surface area contributed by atoms with Gasteiger partial charge in [0.25, 0.3) is 0 Å². The van der Waals surface area contributed by atoms with Gasteiger partial charge >= 0.3 is 0 Å². The van der Waals surface area contributed by atoms with Gasteiger partial charge in [-0.15, -0.1) is 10.2 Å². The van der Waals surface area contributed by atoms with E-state index >= 15 is 0 Å². The predicted octanol–water partition coefficient (Wildman–Crippen LogP) is 5.44. The van der Waals surface area contributed by atoms with Crippen molar-refractivity contribution < 1.29 is 9.53 Å². The lowest BCUT2D eigenvalue weighted by atomic mass is 10.2. The first-order valence-electron chi connectivity index (χ1n) is 9.48. The SMILES string of the molecule is COc1ccc(-c2nnc(SCC(=O)Nc3ccccc3Br)n2-c2ccccc2)cc1. The highest BCUT2D eigenvalue weighted by atomic mass is 79.9. The molecule has 156 valence electrons. The quantitative estimate of drug-likeness (QED) is 0.346. The van der Waals surface area contributed by atoms with Crippen LogP contribution in [0.25, 0.3) is 17.1 Å². The van der Waals surface area contributed by atoms with E-state index in [2.05, 4.69) is 31.4 Å². The molecule has 6 nitrogen and oxygen atoms in total. The molecule has 0 atom stereocenters. The highest BCUT2D eigenvalue weighted by Crippen LogP contribution is 2.29. The van der Waals surface area contributed by atoms with Crippen molar-refractivity contribution >= 4 is 39.3 Å². The average Bonchev–Trinajstić information content (AvgIpc) is 3.24. The number of anilines is 1. The molecule has 3 aromatic carbocycles. The number of carbonyl (C=O) groups excluding carboxylic acids is 1. The van der Waals surface area contributed by atoms with E-state index in [4.69, 9.17) is 4.74 Å². The van der Waals surface area contributed by atoms with Crippen LogP contribution in [0.4, 0.5) is 5.69 Å². The third-order valence-electron chi connectivity index (χ3n) is 4.48. The third-order valence-corrected chi connectivity index (χ3v) is 6.10. The predicted molar refractivity (Wildman–Crippen MR) is 127 cm³/mol. The van der Waals surface area contributed by atoms with E-state index in [-0.39, 0.29) is 11.7 Å². The number of amides is 1. The summed E-state index contributed by atoms with van der Waals surface area (Å²) in [5, 5.41) is 12.3.